The maximum absolute atomic E-state index is 13.1. The van der Waals surface area contributed by atoms with Gasteiger partial charge in [0.05, 0.1) is 16.2 Å². The monoisotopic (exact) mass is 420 g/mol. The van der Waals surface area contributed by atoms with Crippen molar-refractivity contribution in [2.24, 2.45) is 0 Å². The molecule has 6 heteroatoms. The molecule has 1 atom stereocenters. The van der Waals surface area contributed by atoms with E-state index in [0.29, 0.717) is 30.8 Å². The van der Waals surface area contributed by atoms with Crippen molar-refractivity contribution in [3.05, 3.63) is 95.3 Å². The number of rotatable bonds is 3. The van der Waals surface area contributed by atoms with E-state index in [9.17, 15) is 8.42 Å². The fourth-order valence-electron chi connectivity index (χ4n) is 4.58. The minimum Gasteiger partial charge on any atom is -0.356 e. The standard InChI is InChI=1S/C24H24N2O3S/c1-18-9-11-19(12-10-18)30(27,28)26-16-13-24(14-17-26)21-7-3-2-6-20(21)23(29-24)22-8-4-5-15-25-22/h2-12,15,23H,13-14,16-17H2,1H3. The maximum Gasteiger partial charge on any atom is 0.243 e. The summed E-state index contributed by atoms with van der Waals surface area (Å²) in [6.45, 7) is 2.81. The first-order valence-electron chi connectivity index (χ1n) is 10.2. The predicted octanol–water partition coefficient (Wildman–Crippen LogP) is 4.19. The first-order chi connectivity index (χ1) is 14.5. The predicted molar refractivity (Wildman–Crippen MR) is 114 cm³/mol. The van der Waals surface area contributed by atoms with Crippen LogP contribution in [0.1, 0.15) is 41.3 Å². The molecule has 5 nitrogen and oxygen atoms in total. The Hall–Kier alpha value is -2.54. The van der Waals surface area contributed by atoms with Crippen LogP contribution in [0.4, 0.5) is 0 Å². The molecule has 2 aliphatic rings. The zero-order valence-corrected chi connectivity index (χ0v) is 17.7. The van der Waals surface area contributed by atoms with Crippen molar-refractivity contribution in [1.82, 2.24) is 9.29 Å². The van der Waals surface area contributed by atoms with E-state index in [0.717, 1.165) is 22.4 Å². The fourth-order valence-corrected chi connectivity index (χ4v) is 6.02. The number of aryl methyl sites for hydroxylation is 1. The van der Waals surface area contributed by atoms with Gasteiger partial charge < -0.3 is 4.74 Å². The lowest BCUT2D eigenvalue weighted by atomic mass is 9.84. The number of hydrogen-bond donors (Lipinski definition) is 0. The van der Waals surface area contributed by atoms with Crippen LogP contribution in [0.15, 0.2) is 77.8 Å². The number of piperidine rings is 1. The average Bonchev–Trinajstić information content (AvgIpc) is 3.09. The number of nitrogens with zero attached hydrogens (tertiary/aromatic N) is 2. The van der Waals surface area contributed by atoms with Crippen molar-refractivity contribution < 1.29 is 13.2 Å². The molecule has 0 bridgehead atoms. The largest absolute Gasteiger partial charge is 0.356 e. The molecule has 0 aliphatic carbocycles. The lowest BCUT2D eigenvalue weighted by molar-refractivity contribution is -0.0895. The second kappa shape index (κ2) is 7.30. The van der Waals surface area contributed by atoms with Gasteiger partial charge in [-0.15, -0.1) is 0 Å². The second-order valence-corrected chi connectivity index (χ2v) is 9.99. The van der Waals surface area contributed by atoms with E-state index < -0.39 is 15.6 Å². The normalized spacial score (nSPS) is 20.9. The third-order valence-corrected chi connectivity index (χ3v) is 8.14. The molecule has 0 amide bonds. The number of aromatic nitrogens is 1. The number of pyridine rings is 1. The molecule has 0 radical (unpaired) electrons. The molecule has 1 saturated heterocycles. The van der Waals surface area contributed by atoms with Gasteiger partial charge in [0.15, 0.2) is 0 Å². The quantitative estimate of drug-likeness (QED) is 0.638. The summed E-state index contributed by atoms with van der Waals surface area (Å²) in [6.07, 6.45) is 2.81. The van der Waals surface area contributed by atoms with Crippen LogP contribution in [0.5, 0.6) is 0 Å². The summed E-state index contributed by atoms with van der Waals surface area (Å²) < 4.78 is 34.4. The van der Waals surface area contributed by atoms with Crippen molar-refractivity contribution in [1.29, 1.82) is 0 Å². The van der Waals surface area contributed by atoms with E-state index in [2.05, 4.69) is 17.1 Å². The van der Waals surface area contributed by atoms with Gasteiger partial charge in [-0.2, -0.15) is 4.31 Å². The Labute approximate surface area is 177 Å². The molecule has 0 N–H and O–H groups in total. The van der Waals surface area contributed by atoms with Gasteiger partial charge in [-0.3, -0.25) is 4.98 Å². The van der Waals surface area contributed by atoms with Crippen LogP contribution in [-0.2, 0) is 20.4 Å². The van der Waals surface area contributed by atoms with Crippen LogP contribution in [0.25, 0.3) is 0 Å². The molecule has 154 valence electrons. The van der Waals surface area contributed by atoms with Gasteiger partial charge in [0, 0.05) is 19.3 Å². The molecule has 1 spiro atoms. The van der Waals surface area contributed by atoms with E-state index in [-0.39, 0.29) is 6.10 Å². The summed E-state index contributed by atoms with van der Waals surface area (Å²) in [6, 6.07) is 21.2. The smallest absolute Gasteiger partial charge is 0.243 e. The molecule has 2 aromatic carbocycles. The second-order valence-electron chi connectivity index (χ2n) is 8.05. The Morgan fingerprint density at radius 3 is 2.37 bits per heavy atom. The number of benzene rings is 2. The molecule has 1 unspecified atom stereocenters. The number of ether oxygens (including phenoxy) is 1. The third-order valence-electron chi connectivity index (χ3n) is 6.22. The first-order valence-corrected chi connectivity index (χ1v) is 11.7. The van der Waals surface area contributed by atoms with E-state index >= 15 is 0 Å². The van der Waals surface area contributed by atoms with E-state index in [1.54, 1.807) is 22.6 Å². The molecule has 2 aliphatic heterocycles. The third kappa shape index (κ3) is 3.16. The fraction of sp³-hybridized carbons (Fsp3) is 0.292. The molecule has 3 heterocycles. The summed E-state index contributed by atoms with van der Waals surface area (Å²) in [4.78, 5) is 4.86. The van der Waals surface area contributed by atoms with E-state index in [1.165, 1.54) is 0 Å². The molecular formula is C24H24N2O3S. The molecule has 3 aromatic rings. The lowest BCUT2D eigenvalue weighted by Crippen LogP contribution is -2.45. The van der Waals surface area contributed by atoms with Crippen LogP contribution in [0.2, 0.25) is 0 Å². The number of fused-ring (bicyclic) bond motifs is 2. The van der Waals surface area contributed by atoms with Gasteiger partial charge in [-0.1, -0.05) is 48.0 Å². The highest BCUT2D eigenvalue weighted by Crippen LogP contribution is 2.51. The highest BCUT2D eigenvalue weighted by Gasteiger charge is 2.48. The van der Waals surface area contributed by atoms with Crippen molar-refractivity contribution in [2.45, 2.75) is 36.4 Å². The maximum atomic E-state index is 13.1. The van der Waals surface area contributed by atoms with Crippen molar-refractivity contribution in [2.75, 3.05) is 13.1 Å². The topological polar surface area (TPSA) is 59.5 Å². The molecule has 1 fully saturated rings. The van der Waals surface area contributed by atoms with Gasteiger partial charge >= 0.3 is 0 Å². The Morgan fingerprint density at radius 1 is 0.967 bits per heavy atom. The summed E-state index contributed by atoms with van der Waals surface area (Å²) in [5.41, 5.74) is 3.75. The van der Waals surface area contributed by atoms with Crippen molar-refractivity contribution in [3.63, 3.8) is 0 Å². The molecular weight excluding hydrogens is 396 g/mol. The number of sulfonamides is 1. The van der Waals surface area contributed by atoms with Crippen molar-refractivity contribution in [3.8, 4) is 0 Å². The molecule has 30 heavy (non-hydrogen) atoms. The summed E-state index contributed by atoms with van der Waals surface area (Å²) in [7, 11) is -3.50. The lowest BCUT2D eigenvalue weighted by Gasteiger charge is -2.39. The van der Waals surface area contributed by atoms with Crippen molar-refractivity contribution >= 4 is 10.0 Å². The zero-order chi connectivity index (χ0) is 20.8. The SMILES string of the molecule is Cc1ccc(S(=O)(=O)N2CCC3(CC2)OC(c2ccccn2)c2ccccc23)cc1. The van der Waals surface area contributed by atoms with E-state index in [1.807, 2.05) is 49.4 Å². The van der Waals surface area contributed by atoms with Gasteiger partial charge in [-0.05, 0) is 55.2 Å². The summed E-state index contributed by atoms with van der Waals surface area (Å²) in [5, 5.41) is 0. The Bertz CT molecular complexity index is 1150. The van der Waals surface area contributed by atoms with Gasteiger partial charge in [0.25, 0.3) is 0 Å². The van der Waals surface area contributed by atoms with Crippen LogP contribution >= 0.6 is 0 Å². The summed E-state index contributed by atoms with van der Waals surface area (Å²) in [5.74, 6) is 0. The van der Waals surface area contributed by atoms with Crippen LogP contribution in [-0.4, -0.2) is 30.8 Å². The Kier molecular flexibility index (Phi) is 4.73. The minimum absolute atomic E-state index is 0.220. The number of hydrogen-bond acceptors (Lipinski definition) is 4. The van der Waals surface area contributed by atoms with Gasteiger partial charge in [-0.25, -0.2) is 8.42 Å². The van der Waals surface area contributed by atoms with Crippen LogP contribution in [0, 0.1) is 6.92 Å². The highest BCUT2D eigenvalue weighted by atomic mass is 32.2. The van der Waals surface area contributed by atoms with Gasteiger partial charge in [0.1, 0.15) is 6.10 Å². The van der Waals surface area contributed by atoms with E-state index in [4.69, 9.17) is 4.74 Å². The molecule has 1 aromatic heterocycles. The molecule has 0 saturated carbocycles. The Balaban J connectivity index is 1.42. The zero-order valence-electron chi connectivity index (χ0n) is 16.9. The van der Waals surface area contributed by atoms with Crippen LogP contribution < -0.4 is 0 Å². The average molecular weight is 421 g/mol. The first kappa shape index (κ1) is 19.4. The van der Waals surface area contributed by atoms with Gasteiger partial charge in [0.2, 0.25) is 10.0 Å². The Morgan fingerprint density at radius 2 is 1.67 bits per heavy atom. The minimum atomic E-state index is -3.50. The van der Waals surface area contributed by atoms with Crippen LogP contribution in [0.3, 0.4) is 0 Å². The molecule has 5 rings (SSSR count). The highest BCUT2D eigenvalue weighted by molar-refractivity contribution is 7.89. The summed E-state index contributed by atoms with van der Waals surface area (Å²) >= 11 is 0.